The van der Waals surface area contributed by atoms with Gasteiger partial charge in [-0.3, -0.25) is 14.5 Å². The lowest BCUT2D eigenvalue weighted by Gasteiger charge is -2.22. The summed E-state index contributed by atoms with van der Waals surface area (Å²) >= 11 is 0. The molecule has 0 radical (unpaired) electrons. The Morgan fingerprint density at radius 2 is 1.79 bits per heavy atom. The maximum absolute atomic E-state index is 13.5. The SMILES string of the molecule is COc1ccc([C@]2(C)NC(=O)N(CC(=O)c3cc(F)ccc3OC)C2=O)cc1. The molecular weight excluding hydrogens is 367 g/mol. The molecule has 1 atom stereocenters. The van der Waals surface area contributed by atoms with Crippen molar-refractivity contribution in [2.24, 2.45) is 0 Å². The lowest BCUT2D eigenvalue weighted by atomic mass is 9.92. The molecule has 0 saturated carbocycles. The Balaban J connectivity index is 1.86. The Morgan fingerprint density at radius 3 is 2.39 bits per heavy atom. The van der Waals surface area contributed by atoms with Crippen molar-refractivity contribution < 1.29 is 28.2 Å². The maximum atomic E-state index is 13.5. The number of nitrogens with zero attached hydrogens (tertiary/aromatic N) is 1. The van der Waals surface area contributed by atoms with E-state index in [0.29, 0.717) is 11.3 Å². The second-order valence-corrected chi connectivity index (χ2v) is 6.44. The Bertz CT molecular complexity index is 944. The van der Waals surface area contributed by atoms with E-state index in [1.165, 1.54) is 20.3 Å². The molecule has 1 heterocycles. The first kappa shape index (κ1) is 19.3. The van der Waals surface area contributed by atoms with E-state index >= 15 is 0 Å². The minimum absolute atomic E-state index is 0.0406. The number of urea groups is 1. The van der Waals surface area contributed by atoms with Crippen LogP contribution in [0.15, 0.2) is 42.5 Å². The van der Waals surface area contributed by atoms with Crippen LogP contribution in [-0.4, -0.2) is 43.4 Å². The number of nitrogens with one attached hydrogen (secondary N) is 1. The summed E-state index contributed by atoms with van der Waals surface area (Å²) in [5.74, 6) is -1.04. The van der Waals surface area contributed by atoms with Gasteiger partial charge < -0.3 is 14.8 Å². The van der Waals surface area contributed by atoms with Crippen molar-refractivity contribution in [1.82, 2.24) is 10.2 Å². The average Bonchev–Trinajstić information content (AvgIpc) is 2.92. The third kappa shape index (κ3) is 3.28. The van der Waals surface area contributed by atoms with Crippen LogP contribution in [0.5, 0.6) is 11.5 Å². The molecule has 1 aliphatic heterocycles. The molecule has 28 heavy (non-hydrogen) atoms. The summed E-state index contributed by atoms with van der Waals surface area (Å²) in [5.41, 5.74) is -0.818. The highest BCUT2D eigenvalue weighted by Crippen LogP contribution is 2.30. The smallest absolute Gasteiger partial charge is 0.325 e. The molecular formula is C20H19FN2O5. The lowest BCUT2D eigenvalue weighted by molar-refractivity contribution is -0.130. The van der Waals surface area contributed by atoms with Gasteiger partial charge in [0.25, 0.3) is 5.91 Å². The van der Waals surface area contributed by atoms with Crippen LogP contribution in [0.3, 0.4) is 0 Å². The normalized spacial score (nSPS) is 18.8. The van der Waals surface area contributed by atoms with E-state index in [4.69, 9.17) is 9.47 Å². The van der Waals surface area contributed by atoms with Crippen molar-refractivity contribution in [3.8, 4) is 11.5 Å². The third-order valence-electron chi connectivity index (χ3n) is 4.71. The van der Waals surface area contributed by atoms with Gasteiger partial charge in [-0.15, -0.1) is 0 Å². The zero-order valence-corrected chi connectivity index (χ0v) is 15.6. The molecule has 0 bridgehead atoms. The van der Waals surface area contributed by atoms with Crippen LogP contribution in [0.4, 0.5) is 9.18 Å². The molecule has 2 aromatic carbocycles. The van der Waals surface area contributed by atoms with Crippen LogP contribution in [0.1, 0.15) is 22.8 Å². The summed E-state index contributed by atoms with van der Waals surface area (Å²) in [6.07, 6.45) is 0. The molecule has 1 aliphatic rings. The molecule has 146 valence electrons. The number of carbonyl (C=O) groups excluding carboxylic acids is 3. The third-order valence-corrected chi connectivity index (χ3v) is 4.71. The standard InChI is InChI=1S/C20H19FN2O5/c1-20(12-4-7-14(27-2)8-5-12)18(25)23(19(26)22-20)11-16(24)15-10-13(21)6-9-17(15)28-3/h4-10H,11H2,1-3H3,(H,22,26)/t20-/m0/s1. The largest absolute Gasteiger partial charge is 0.497 e. The van der Waals surface area contributed by atoms with Gasteiger partial charge in [0.05, 0.1) is 26.3 Å². The van der Waals surface area contributed by atoms with Crippen molar-refractivity contribution in [2.75, 3.05) is 20.8 Å². The van der Waals surface area contributed by atoms with Crippen molar-refractivity contribution >= 4 is 17.7 Å². The number of Topliss-reactive ketones (excluding diaryl/α,β-unsaturated/α-hetero) is 1. The molecule has 1 saturated heterocycles. The number of carbonyl (C=O) groups is 3. The van der Waals surface area contributed by atoms with Gasteiger partial charge in [-0.25, -0.2) is 9.18 Å². The van der Waals surface area contributed by atoms with Crippen molar-refractivity contribution in [3.63, 3.8) is 0 Å². The van der Waals surface area contributed by atoms with Gasteiger partial charge in [-0.2, -0.15) is 0 Å². The minimum atomic E-state index is -1.32. The van der Waals surface area contributed by atoms with Gasteiger partial charge in [-0.1, -0.05) is 12.1 Å². The summed E-state index contributed by atoms with van der Waals surface area (Å²) in [6, 6.07) is 9.46. The summed E-state index contributed by atoms with van der Waals surface area (Å²) in [4.78, 5) is 38.8. The molecule has 3 amide bonds. The fourth-order valence-corrected chi connectivity index (χ4v) is 3.09. The van der Waals surface area contributed by atoms with Crippen LogP contribution in [0.2, 0.25) is 0 Å². The number of rotatable bonds is 6. The van der Waals surface area contributed by atoms with E-state index in [0.717, 1.165) is 17.0 Å². The predicted octanol–water partition coefficient (Wildman–Crippen LogP) is 2.49. The maximum Gasteiger partial charge on any atom is 0.325 e. The first-order valence-corrected chi connectivity index (χ1v) is 8.45. The topological polar surface area (TPSA) is 84.9 Å². The van der Waals surface area contributed by atoms with Gasteiger partial charge >= 0.3 is 6.03 Å². The minimum Gasteiger partial charge on any atom is -0.497 e. The van der Waals surface area contributed by atoms with Gasteiger partial charge in [0, 0.05) is 0 Å². The average molecular weight is 386 g/mol. The zero-order valence-electron chi connectivity index (χ0n) is 15.6. The molecule has 3 rings (SSSR count). The summed E-state index contributed by atoms with van der Waals surface area (Å²) in [7, 11) is 2.87. The number of imide groups is 1. The van der Waals surface area contributed by atoms with Gasteiger partial charge in [0.2, 0.25) is 0 Å². The summed E-state index contributed by atoms with van der Waals surface area (Å²) in [6.45, 7) is 1.03. The van der Waals surface area contributed by atoms with Crippen LogP contribution in [0.25, 0.3) is 0 Å². The number of ether oxygens (including phenoxy) is 2. The fourth-order valence-electron chi connectivity index (χ4n) is 3.09. The molecule has 0 spiro atoms. The first-order valence-electron chi connectivity index (χ1n) is 8.45. The number of halogens is 1. The van der Waals surface area contributed by atoms with Crippen LogP contribution < -0.4 is 14.8 Å². The molecule has 0 aliphatic carbocycles. The van der Waals surface area contributed by atoms with Crippen molar-refractivity contribution in [3.05, 3.63) is 59.4 Å². The van der Waals surface area contributed by atoms with Crippen molar-refractivity contribution in [2.45, 2.75) is 12.5 Å². The second kappa shape index (κ2) is 7.30. The first-order chi connectivity index (χ1) is 13.3. The Kier molecular flexibility index (Phi) is 5.04. The van der Waals surface area contributed by atoms with E-state index in [1.54, 1.807) is 31.2 Å². The molecule has 1 N–H and O–H groups in total. The van der Waals surface area contributed by atoms with Crippen molar-refractivity contribution in [1.29, 1.82) is 0 Å². The molecule has 0 unspecified atom stereocenters. The molecule has 2 aromatic rings. The van der Waals surface area contributed by atoms with E-state index in [9.17, 15) is 18.8 Å². The van der Waals surface area contributed by atoms with Crippen LogP contribution in [-0.2, 0) is 10.3 Å². The van der Waals surface area contributed by atoms with E-state index in [2.05, 4.69) is 5.32 Å². The lowest BCUT2D eigenvalue weighted by Crippen LogP contribution is -2.41. The number of methoxy groups -OCH3 is 2. The second-order valence-electron chi connectivity index (χ2n) is 6.44. The highest BCUT2D eigenvalue weighted by Gasteiger charge is 2.49. The van der Waals surface area contributed by atoms with Gasteiger partial charge in [-0.05, 0) is 42.8 Å². The molecule has 0 aromatic heterocycles. The Hall–Kier alpha value is -3.42. The fraction of sp³-hybridized carbons (Fsp3) is 0.250. The highest BCUT2D eigenvalue weighted by atomic mass is 19.1. The number of benzene rings is 2. The Morgan fingerprint density at radius 1 is 1.11 bits per heavy atom. The van der Waals surface area contributed by atoms with E-state index < -0.39 is 35.6 Å². The number of hydrogen-bond donors (Lipinski definition) is 1. The highest BCUT2D eigenvalue weighted by molar-refractivity contribution is 6.11. The number of hydrogen-bond acceptors (Lipinski definition) is 5. The van der Waals surface area contributed by atoms with Crippen LogP contribution >= 0.6 is 0 Å². The Labute approximate surface area is 161 Å². The van der Waals surface area contributed by atoms with E-state index in [-0.39, 0.29) is 11.3 Å². The summed E-state index contributed by atoms with van der Waals surface area (Å²) < 4.78 is 23.7. The monoisotopic (exact) mass is 386 g/mol. The quantitative estimate of drug-likeness (QED) is 0.609. The van der Waals surface area contributed by atoms with E-state index in [1.807, 2.05) is 0 Å². The number of amides is 3. The van der Waals surface area contributed by atoms with Gasteiger partial charge in [0.1, 0.15) is 22.9 Å². The molecule has 1 fully saturated rings. The summed E-state index contributed by atoms with van der Waals surface area (Å²) in [5, 5.41) is 2.62. The van der Waals surface area contributed by atoms with Crippen LogP contribution in [0, 0.1) is 5.82 Å². The molecule has 8 heteroatoms. The molecule has 7 nitrogen and oxygen atoms in total. The number of ketones is 1. The predicted molar refractivity (Wildman–Crippen MR) is 97.9 cm³/mol. The van der Waals surface area contributed by atoms with Gasteiger partial charge in [0.15, 0.2) is 5.78 Å². The zero-order chi connectivity index (χ0) is 20.5.